The fraction of sp³-hybridized carbons (Fsp3) is 0.0400. The smallest absolute Gasteiger partial charge is 0.0980 e. The van der Waals surface area contributed by atoms with Crippen LogP contribution in [0.25, 0.3) is 43.8 Å². The van der Waals surface area contributed by atoms with Gasteiger partial charge in [0.05, 0.1) is 12.5 Å². The molecule has 0 atom stereocenters. The number of rotatable bonds is 2. The van der Waals surface area contributed by atoms with Crippen LogP contribution in [-0.2, 0) is 0 Å². The molecule has 0 aliphatic rings. The summed E-state index contributed by atoms with van der Waals surface area (Å²) in [6, 6.07) is 25.7. The Morgan fingerprint density at radius 3 is 2.37 bits per heavy atom. The molecule has 1 aromatic heterocycles. The third-order valence-corrected chi connectivity index (χ3v) is 5.31. The summed E-state index contributed by atoms with van der Waals surface area (Å²) in [5.41, 5.74) is 12.7. The molecule has 2 N–H and O–H groups in total. The number of furan rings is 1. The van der Waals surface area contributed by atoms with Crippen LogP contribution in [0.4, 0.5) is 5.69 Å². The predicted molar refractivity (Wildman–Crippen MR) is 114 cm³/mol. The van der Waals surface area contributed by atoms with Crippen molar-refractivity contribution in [2.45, 2.75) is 6.92 Å². The van der Waals surface area contributed by atoms with Gasteiger partial charge < -0.3 is 10.2 Å². The number of hydrogen-bond donors (Lipinski definition) is 1. The van der Waals surface area contributed by atoms with E-state index in [2.05, 4.69) is 66.7 Å². The van der Waals surface area contributed by atoms with Crippen molar-refractivity contribution in [3.05, 3.63) is 90.9 Å². The predicted octanol–water partition coefficient (Wildman–Crippen LogP) is 6.81. The molecule has 1 heterocycles. The highest BCUT2D eigenvalue weighted by molar-refractivity contribution is 6.15. The third kappa shape index (κ3) is 2.58. The number of aryl methyl sites for hydroxylation is 1. The molecule has 5 rings (SSSR count). The Morgan fingerprint density at radius 2 is 1.56 bits per heavy atom. The summed E-state index contributed by atoms with van der Waals surface area (Å²) in [7, 11) is 0. The molecule has 2 nitrogen and oxygen atoms in total. The molecule has 0 unspecified atom stereocenters. The molecule has 4 aromatic carbocycles. The Kier molecular flexibility index (Phi) is 3.51. The van der Waals surface area contributed by atoms with Crippen molar-refractivity contribution in [1.29, 1.82) is 0 Å². The molecule has 0 radical (unpaired) electrons. The average molecular weight is 349 g/mol. The lowest BCUT2D eigenvalue weighted by molar-refractivity contribution is 0.568. The van der Waals surface area contributed by atoms with Gasteiger partial charge in [-0.15, -0.1) is 0 Å². The first-order valence-electron chi connectivity index (χ1n) is 9.05. The zero-order chi connectivity index (χ0) is 18.4. The Labute approximate surface area is 157 Å². The van der Waals surface area contributed by atoms with Crippen LogP contribution < -0.4 is 5.73 Å². The molecule has 27 heavy (non-hydrogen) atoms. The summed E-state index contributed by atoms with van der Waals surface area (Å²) in [5, 5.41) is 4.94. The van der Waals surface area contributed by atoms with E-state index in [0.717, 1.165) is 27.9 Å². The molecule has 0 bridgehead atoms. The maximum Gasteiger partial charge on any atom is 0.0980 e. The number of nitrogens with two attached hydrogens (primary N) is 1. The van der Waals surface area contributed by atoms with Gasteiger partial charge in [-0.25, -0.2) is 0 Å². The Hall–Kier alpha value is -3.52. The Bertz CT molecular complexity index is 1280. The molecule has 0 amide bonds. The maximum absolute atomic E-state index is 6.19. The quantitative estimate of drug-likeness (QED) is 0.281. The molecular weight excluding hydrogens is 330 g/mol. The van der Waals surface area contributed by atoms with E-state index in [0.29, 0.717) is 0 Å². The minimum Gasteiger partial charge on any atom is -0.472 e. The van der Waals surface area contributed by atoms with Crippen LogP contribution in [0.5, 0.6) is 0 Å². The molecule has 2 heteroatoms. The highest BCUT2D eigenvalue weighted by Gasteiger charge is 2.10. The van der Waals surface area contributed by atoms with Crippen LogP contribution in [0.1, 0.15) is 5.56 Å². The summed E-state index contributed by atoms with van der Waals surface area (Å²) in [4.78, 5) is 0. The summed E-state index contributed by atoms with van der Waals surface area (Å²) in [6.07, 6.45) is 3.50. The van der Waals surface area contributed by atoms with Crippen molar-refractivity contribution in [2.75, 3.05) is 5.73 Å². The topological polar surface area (TPSA) is 39.2 Å². The van der Waals surface area contributed by atoms with E-state index in [9.17, 15) is 0 Å². The van der Waals surface area contributed by atoms with Crippen LogP contribution in [0.3, 0.4) is 0 Å². The van der Waals surface area contributed by atoms with Crippen molar-refractivity contribution < 1.29 is 4.42 Å². The molecule has 5 aromatic rings. The first kappa shape index (κ1) is 15.7. The van der Waals surface area contributed by atoms with E-state index in [1.165, 1.54) is 27.1 Å². The fourth-order valence-electron chi connectivity index (χ4n) is 3.76. The van der Waals surface area contributed by atoms with Crippen LogP contribution in [0.2, 0.25) is 0 Å². The van der Waals surface area contributed by atoms with Gasteiger partial charge >= 0.3 is 0 Å². The zero-order valence-corrected chi connectivity index (χ0v) is 15.1. The van der Waals surface area contributed by atoms with Crippen LogP contribution in [-0.4, -0.2) is 0 Å². The van der Waals surface area contributed by atoms with Crippen molar-refractivity contribution in [2.24, 2.45) is 0 Å². The van der Waals surface area contributed by atoms with Crippen molar-refractivity contribution >= 4 is 27.2 Å². The molecule has 130 valence electrons. The Balaban J connectivity index is 1.85. The van der Waals surface area contributed by atoms with E-state index in [-0.39, 0.29) is 0 Å². The number of fused-ring (bicyclic) bond motifs is 3. The standard InChI is InChI=1S/C25H19NO/c1-16-5-6-20(14-24(16)26)22-4-2-3-18-9-7-17-8-10-19(13-23(17)25(18)22)21-11-12-27-15-21/h2-15H,26H2,1H3. The van der Waals surface area contributed by atoms with E-state index in [1.54, 1.807) is 12.5 Å². The highest BCUT2D eigenvalue weighted by atomic mass is 16.3. The highest BCUT2D eigenvalue weighted by Crippen LogP contribution is 2.37. The number of benzene rings is 4. The van der Waals surface area contributed by atoms with Crippen molar-refractivity contribution in [3.63, 3.8) is 0 Å². The van der Waals surface area contributed by atoms with Gasteiger partial charge in [0, 0.05) is 11.3 Å². The van der Waals surface area contributed by atoms with Gasteiger partial charge in [0.25, 0.3) is 0 Å². The first-order chi connectivity index (χ1) is 13.2. The zero-order valence-electron chi connectivity index (χ0n) is 15.1. The summed E-state index contributed by atoms with van der Waals surface area (Å²) >= 11 is 0. The first-order valence-corrected chi connectivity index (χ1v) is 9.05. The van der Waals surface area contributed by atoms with Crippen LogP contribution in [0, 0.1) is 6.92 Å². The summed E-state index contributed by atoms with van der Waals surface area (Å²) in [5.74, 6) is 0. The van der Waals surface area contributed by atoms with E-state index < -0.39 is 0 Å². The minimum atomic E-state index is 0.823. The molecular formula is C25H19NO. The summed E-state index contributed by atoms with van der Waals surface area (Å²) < 4.78 is 5.27. The van der Waals surface area contributed by atoms with Gasteiger partial charge in [-0.3, -0.25) is 0 Å². The van der Waals surface area contributed by atoms with Gasteiger partial charge in [0.2, 0.25) is 0 Å². The lowest BCUT2D eigenvalue weighted by Gasteiger charge is -2.12. The maximum atomic E-state index is 6.19. The van der Waals surface area contributed by atoms with Crippen molar-refractivity contribution in [1.82, 2.24) is 0 Å². The van der Waals surface area contributed by atoms with E-state index in [1.807, 2.05) is 13.0 Å². The molecule has 0 aliphatic carbocycles. The number of anilines is 1. The second-order valence-corrected chi connectivity index (χ2v) is 6.99. The second-order valence-electron chi connectivity index (χ2n) is 6.99. The number of nitrogen functional groups attached to an aromatic ring is 1. The normalized spacial score (nSPS) is 11.3. The van der Waals surface area contributed by atoms with Gasteiger partial charge in [-0.05, 0) is 68.9 Å². The average Bonchev–Trinajstić information content (AvgIpc) is 3.24. The van der Waals surface area contributed by atoms with Gasteiger partial charge in [0.1, 0.15) is 0 Å². The second kappa shape index (κ2) is 6.03. The van der Waals surface area contributed by atoms with E-state index in [4.69, 9.17) is 10.2 Å². The minimum absolute atomic E-state index is 0.823. The lowest BCUT2D eigenvalue weighted by atomic mass is 9.92. The molecule has 0 saturated carbocycles. The van der Waals surface area contributed by atoms with Gasteiger partial charge in [-0.2, -0.15) is 0 Å². The van der Waals surface area contributed by atoms with E-state index >= 15 is 0 Å². The van der Waals surface area contributed by atoms with Crippen LogP contribution in [0.15, 0.2) is 89.7 Å². The molecule has 0 spiro atoms. The fourth-order valence-corrected chi connectivity index (χ4v) is 3.76. The molecule has 0 fully saturated rings. The Morgan fingerprint density at radius 1 is 0.741 bits per heavy atom. The van der Waals surface area contributed by atoms with Gasteiger partial charge in [-0.1, -0.05) is 54.6 Å². The SMILES string of the molecule is Cc1ccc(-c2cccc3ccc4ccc(-c5ccoc5)cc4c23)cc1N. The third-order valence-electron chi connectivity index (χ3n) is 5.31. The monoisotopic (exact) mass is 349 g/mol. The lowest BCUT2D eigenvalue weighted by Crippen LogP contribution is -1.91. The van der Waals surface area contributed by atoms with Crippen LogP contribution >= 0.6 is 0 Å². The number of hydrogen-bond acceptors (Lipinski definition) is 2. The largest absolute Gasteiger partial charge is 0.472 e. The van der Waals surface area contributed by atoms with Crippen molar-refractivity contribution in [3.8, 4) is 22.3 Å². The van der Waals surface area contributed by atoms with Gasteiger partial charge in [0.15, 0.2) is 0 Å². The molecule has 0 aliphatic heterocycles. The summed E-state index contributed by atoms with van der Waals surface area (Å²) in [6.45, 7) is 2.04. The molecule has 0 saturated heterocycles.